The van der Waals surface area contributed by atoms with Gasteiger partial charge < -0.3 is 33.5 Å². The average Bonchev–Trinajstić information content (AvgIpc) is 2.76. The van der Waals surface area contributed by atoms with Crippen LogP contribution in [0.5, 0.6) is 23.0 Å². The number of aliphatic carboxylic acids is 1. The standard InChI is InChI=1S/C23H28O8/c1-23(31-11-10-22(24)25)16-29-20-8-4-2-6-18(20)27-14-12-26-13-15-28-19-7-3-5-9-21(19)30-17-23/h2-9H,10-17H2,1H3,(H,24,25). The van der Waals surface area contributed by atoms with Gasteiger partial charge in [0.05, 0.1) is 26.2 Å². The van der Waals surface area contributed by atoms with E-state index in [0.717, 1.165) is 0 Å². The van der Waals surface area contributed by atoms with Gasteiger partial charge in [0.1, 0.15) is 32.0 Å². The molecule has 0 radical (unpaired) electrons. The molecule has 0 unspecified atom stereocenters. The quantitative estimate of drug-likeness (QED) is 0.788. The summed E-state index contributed by atoms with van der Waals surface area (Å²) in [5.74, 6) is 1.37. The van der Waals surface area contributed by atoms with E-state index in [1.807, 2.05) is 43.3 Å². The van der Waals surface area contributed by atoms with Crippen LogP contribution in [-0.4, -0.2) is 62.9 Å². The van der Waals surface area contributed by atoms with Gasteiger partial charge in [-0.05, 0) is 31.2 Å². The van der Waals surface area contributed by atoms with Crippen LogP contribution in [0.2, 0.25) is 0 Å². The van der Waals surface area contributed by atoms with Gasteiger partial charge in [-0.2, -0.15) is 0 Å². The van der Waals surface area contributed by atoms with Gasteiger partial charge in [0.25, 0.3) is 0 Å². The number of rotatable bonds is 4. The number of ether oxygens (including phenoxy) is 6. The number of hydrogen-bond donors (Lipinski definition) is 1. The van der Waals surface area contributed by atoms with Crippen molar-refractivity contribution in [2.45, 2.75) is 18.9 Å². The molecule has 31 heavy (non-hydrogen) atoms. The lowest BCUT2D eigenvalue weighted by Crippen LogP contribution is -2.42. The van der Waals surface area contributed by atoms with E-state index in [-0.39, 0.29) is 26.2 Å². The van der Waals surface area contributed by atoms with Crippen molar-refractivity contribution in [3.63, 3.8) is 0 Å². The molecule has 0 saturated carbocycles. The third-order valence-corrected chi connectivity index (χ3v) is 4.50. The van der Waals surface area contributed by atoms with E-state index in [1.54, 1.807) is 12.1 Å². The van der Waals surface area contributed by atoms with Crippen LogP contribution in [0.25, 0.3) is 0 Å². The summed E-state index contributed by atoms with van der Waals surface area (Å²) in [7, 11) is 0. The van der Waals surface area contributed by atoms with Crippen LogP contribution < -0.4 is 18.9 Å². The van der Waals surface area contributed by atoms with Crippen LogP contribution in [0.3, 0.4) is 0 Å². The third-order valence-electron chi connectivity index (χ3n) is 4.50. The number of para-hydroxylation sites is 4. The SMILES string of the molecule is CC1(OCCC(=O)O)COc2ccccc2OCCOCCOc2ccccc2OC1. The van der Waals surface area contributed by atoms with Crippen molar-refractivity contribution in [1.82, 2.24) is 0 Å². The van der Waals surface area contributed by atoms with Crippen LogP contribution in [0.1, 0.15) is 13.3 Å². The molecule has 0 atom stereocenters. The normalized spacial score (nSPS) is 16.9. The minimum atomic E-state index is -0.932. The van der Waals surface area contributed by atoms with E-state index in [4.69, 9.17) is 33.5 Å². The van der Waals surface area contributed by atoms with Crippen molar-refractivity contribution in [3.8, 4) is 23.0 Å². The molecule has 1 aliphatic rings. The molecule has 0 saturated heterocycles. The minimum Gasteiger partial charge on any atom is -0.487 e. The largest absolute Gasteiger partial charge is 0.487 e. The first-order valence-electron chi connectivity index (χ1n) is 10.2. The summed E-state index contributed by atoms with van der Waals surface area (Å²) in [6, 6.07) is 14.7. The Labute approximate surface area is 181 Å². The maximum atomic E-state index is 10.9. The van der Waals surface area contributed by atoms with E-state index < -0.39 is 11.6 Å². The fourth-order valence-corrected chi connectivity index (χ4v) is 2.87. The van der Waals surface area contributed by atoms with Gasteiger partial charge >= 0.3 is 5.97 Å². The number of carboxylic acids is 1. The topological polar surface area (TPSA) is 92.7 Å². The molecule has 8 heteroatoms. The molecule has 1 heterocycles. The van der Waals surface area contributed by atoms with E-state index in [9.17, 15) is 4.79 Å². The second-order valence-electron chi connectivity index (χ2n) is 7.22. The zero-order valence-corrected chi connectivity index (χ0v) is 17.6. The van der Waals surface area contributed by atoms with Gasteiger partial charge in [-0.3, -0.25) is 4.79 Å². The van der Waals surface area contributed by atoms with E-state index in [1.165, 1.54) is 0 Å². The highest BCUT2D eigenvalue weighted by molar-refractivity contribution is 5.66. The monoisotopic (exact) mass is 432 g/mol. The molecule has 0 aromatic heterocycles. The van der Waals surface area contributed by atoms with E-state index in [0.29, 0.717) is 49.4 Å². The smallest absolute Gasteiger partial charge is 0.305 e. The first-order chi connectivity index (χ1) is 15.1. The highest BCUT2D eigenvalue weighted by Gasteiger charge is 2.29. The number of carbonyl (C=O) groups is 1. The molecular weight excluding hydrogens is 404 g/mol. The summed E-state index contributed by atoms with van der Waals surface area (Å²) in [5, 5.41) is 8.96. The Morgan fingerprint density at radius 2 is 1.29 bits per heavy atom. The Kier molecular flexibility index (Phi) is 8.37. The summed E-state index contributed by atoms with van der Waals surface area (Å²) in [6.07, 6.45) is -0.116. The molecule has 1 aliphatic heterocycles. The van der Waals surface area contributed by atoms with Crippen LogP contribution in [0, 0.1) is 0 Å². The number of fused-ring (bicyclic) bond motifs is 2. The Morgan fingerprint density at radius 1 is 0.839 bits per heavy atom. The second-order valence-corrected chi connectivity index (χ2v) is 7.22. The van der Waals surface area contributed by atoms with Gasteiger partial charge in [0.2, 0.25) is 0 Å². The highest BCUT2D eigenvalue weighted by Crippen LogP contribution is 2.30. The first-order valence-corrected chi connectivity index (χ1v) is 10.2. The first kappa shape index (κ1) is 22.7. The Balaban J connectivity index is 1.78. The van der Waals surface area contributed by atoms with Crippen molar-refractivity contribution < 1.29 is 38.3 Å². The molecule has 168 valence electrons. The fourth-order valence-electron chi connectivity index (χ4n) is 2.87. The molecule has 0 fully saturated rings. The Bertz CT molecular complexity index is 782. The lowest BCUT2D eigenvalue weighted by atomic mass is 10.1. The van der Waals surface area contributed by atoms with Crippen molar-refractivity contribution >= 4 is 5.97 Å². The summed E-state index contributed by atoms with van der Waals surface area (Å²) in [6.45, 7) is 3.67. The number of benzene rings is 2. The zero-order valence-electron chi connectivity index (χ0n) is 17.6. The molecule has 2 aromatic rings. The molecule has 0 spiro atoms. The van der Waals surface area contributed by atoms with Crippen molar-refractivity contribution in [1.29, 1.82) is 0 Å². The molecule has 0 bridgehead atoms. The van der Waals surface area contributed by atoms with E-state index >= 15 is 0 Å². The third kappa shape index (κ3) is 7.34. The van der Waals surface area contributed by atoms with Gasteiger partial charge in [0.15, 0.2) is 23.0 Å². The van der Waals surface area contributed by atoms with Crippen LogP contribution in [0.4, 0.5) is 0 Å². The van der Waals surface area contributed by atoms with E-state index in [2.05, 4.69) is 0 Å². The van der Waals surface area contributed by atoms with Crippen LogP contribution >= 0.6 is 0 Å². The van der Waals surface area contributed by atoms with Gasteiger partial charge in [-0.1, -0.05) is 24.3 Å². The lowest BCUT2D eigenvalue weighted by Gasteiger charge is -2.30. The molecule has 2 aromatic carbocycles. The van der Waals surface area contributed by atoms with Gasteiger partial charge in [-0.15, -0.1) is 0 Å². The number of hydrogen-bond acceptors (Lipinski definition) is 7. The van der Waals surface area contributed by atoms with Crippen LogP contribution in [-0.2, 0) is 14.3 Å². The maximum absolute atomic E-state index is 10.9. The second kappa shape index (κ2) is 11.4. The fraction of sp³-hybridized carbons (Fsp3) is 0.435. The molecule has 8 nitrogen and oxygen atoms in total. The predicted molar refractivity (Wildman–Crippen MR) is 112 cm³/mol. The summed E-state index contributed by atoms with van der Waals surface area (Å²) in [4.78, 5) is 10.9. The van der Waals surface area contributed by atoms with Crippen molar-refractivity contribution in [3.05, 3.63) is 48.5 Å². The van der Waals surface area contributed by atoms with Crippen molar-refractivity contribution in [2.75, 3.05) is 46.2 Å². The minimum absolute atomic E-state index is 0.0339. The Hall–Kier alpha value is -2.97. The molecule has 3 rings (SSSR count). The predicted octanol–water partition coefficient (Wildman–Crippen LogP) is 3.18. The highest BCUT2D eigenvalue weighted by atomic mass is 16.6. The lowest BCUT2D eigenvalue weighted by molar-refractivity contribution is -0.141. The molecule has 0 aliphatic carbocycles. The summed E-state index contributed by atoms with van der Waals surface area (Å²) < 4.78 is 35.0. The molecule has 0 amide bonds. The van der Waals surface area contributed by atoms with Gasteiger partial charge in [-0.25, -0.2) is 0 Å². The summed E-state index contributed by atoms with van der Waals surface area (Å²) >= 11 is 0. The average molecular weight is 432 g/mol. The van der Waals surface area contributed by atoms with Gasteiger partial charge in [0, 0.05) is 0 Å². The zero-order chi connectivity index (χ0) is 21.9. The van der Waals surface area contributed by atoms with Crippen LogP contribution in [0.15, 0.2) is 48.5 Å². The molecule has 1 N–H and O–H groups in total. The van der Waals surface area contributed by atoms with Crippen molar-refractivity contribution in [2.24, 2.45) is 0 Å². The summed E-state index contributed by atoms with van der Waals surface area (Å²) in [5.41, 5.74) is -0.907. The maximum Gasteiger partial charge on any atom is 0.305 e. The Morgan fingerprint density at radius 3 is 1.74 bits per heavy atom. The molecular formula is C23H28O8. The number of carboxylic acid groups (broad SMARTS) is 1.